The zero-order valence-electron chi connectivity index (χ0n) is 12.9. The van der Waals surface area contributed by atoms with Gasteiger partial charge in [-0.1, -0.05) is 19.1 Å². The van der Waals surface area contributed by atoms with E-state index in [4.69, 9.17) is 0 Å². The maximum absolute atomic E-state index is 11.9. The molecule has 0 radical (unpaired) electrons. The van der Waals surface area contributed by atoms with Gasteiger partial charge in [-0.15, -0.1) is 0 Å². The minimum Gasteiger partial charge on any atom is -0.350 e. The number of hydrogen-bond donors (Lipinski definition) is 1. The van der Waals surface area contributed by atoms with Gasteiger partial charge in [0.1, 0.15) is 0 Å². The van der Waals surface area contributed by atoms with Gasteiger partial charge >= 0.3 is 0 Å². The van der Waals surface area contributed by atoms with Gasteiger partial charge in [0.15, 0.2) is 0 Å². The predicted molar refractivity (Wildman–Crippen MR) is 82.7 cm³/mol. The summed E-state index contributed by atoms with van der Waals surface area (Å²) in [5.41, 5.74) is 2.04. The molecular formula is C17H26N2O. The predicted octanol–water partition coefficient (Wildman–Crippen LogP) is 3.06. The highest BCUT2D eigenvalue weighted by Gasteiger charge is 2.15. The molecule has 0 saturated carbocycles. The van der Waals surface area contributed by atoms with E-state index >= 15 is 0 Å². The van der Waals surface area contributed by atoms with E-state index < -0.39 is 0 Å². The molecule has 0 bridgehead atoms. The van der Waals surface area contributed by atoms with Gasteiger partial charge in [0, 0.05) is 18.2 Å². The van der Waals surface area contributed by atoms with E-state index in [2.05, 4.69) is 29.3 Å². The topological polar surface area (TPSA) is 32.3 Å². The van der Waals surface area contributed by atoms with Gasteiger partial charge in [0.05, 0.1) is 0 Å². The Kier molecular flexibility index (Phi) is 5.18. The van der Waals surface area contributed by atoms with Crippen LogP contribution < -0.4 is 5.32 Å². The fraction of sp³-hybridized carbons (Fsp3) is 0.588. The summed E-state index contributed by atoms with van der Waals surface area (Å²) < 4.78 is 0. The molecule has 0 aliphatic carbocycles. The molecule has 1 aromatic carbocycles. The molecule has 1 aliphatic rings. The summed E-state index contributed by atoms with van der Waals surface area (Å²) in [6.45, 7) is 9.67. The Morgan fingerprint density at radius 2 is 1.85 bits per heavy atom. The first-order chi connectivity index (χ1) is 9.54. The van der Waals surface area contributed by atoms with E-state index in [1.165, 1.54) is 31.5 Å². The molecule has 1 heterocycles. The van der Waals surface area contributed by atoms with Gasteiger partial charge in [-0.05, 0) is 63.4 Å². The van der Waals surface area contributed by atoms with Gasteiger partial charge in [0.2, 0.25) is 0 Å². The quantitative estimate of drug-likeness (QED) is 0.915. The number of rotatable bonds is 4. The van der Waals surface area contributed by atoms with Gasteiger partial charge in [-0.25, -0.2) is 0 Å². The molecule has 0 unspecified atom stereocenters. The van der Waals surface area contributed by atoms with Crippen LogP contribution in [0.25, 0.3) is 0 Å². The van der Waals surface area contributed by atoms with Crippen LogP contribution in [0.1, 0.15) is 49.5 Å². The van der Waals surface area contributed by atoms with Crippen molar-refractivity contribution in [2.45, 2.75) is 46.2 Å². The Hall–Kier alpha value is -1.35. The largest absolute Gasteiger partial charge is 0.350 e. The molecule has 0 spiro atoms. The number of piperidine rings is 1. The third-order valence-electron chi connectivity index (χ3n) is 3.92. The smallest absolute Gasteiger partial charge is 0.251 e. The second kappa shape index (κ2) is 6.89. The van der Waals surface area contributed by atoms with Crippen LogP contribution >= 0.6 is 0 Å². The van der Waals surface area contributed by atoms with Gasteiger partial charge in [-0.3, -0.25) is 9.69 Å². The van der Waals surface area contributed by atoms with Crippen molar-refractivity contribution in [3.8, 4) is 0 Å². The average molecular weight is 274 g/mol. The summed E-state index contributed by atoms with van der Waals surface area (Å²) in [5.74, 6) is 0.881. The van der Waals surface area contributed by atoms with Gasteiger partial charge in [0.25, 0.3) is 5.91 Å². The SMILES string of the molecule is CC1CCN(Cc2ccc(C(=O)NC(C)C)cc2)CC1. The number of carbonyl (C=O) groups is 1. The molecule has 1 saturated heterocycles. The minimum absolute atomic E-state index is 0.0124. The fourth-order valence-electron chi connectivity index (χ4n) is 2.59. The Morgan fingerprint density at radius 1 is 1.25 bits per heavy atom. The Balaban J connectivity index is 1.90. The summed E-state index contributed by atoms with van der Waals surface area (Å²) in [7, 11) is 0. The van der Waals surface area contributed by atoms with E-state index in [1.54, 1.807) is 0 Å². The average Bonchev–Trinajstić information content (AvgIpc) is 2.41. The highest BCUT2D eigenvalue weighted by molar-refractivity contribution is 5.94. The maximum atomic E-state index is 11.9. The lowest BCUT2D eigenvalue weighted by molar-refractivity contribution is 0.0943. The lowest BCUT2D eigenvalue weighted by Gasteiger charge is -2.30. The van der Waals surface area contributed by atoms with Crippen LogP contribution in [0.5, 0.6) is 0 Å². The van der Waals surface area contributed by atoms with Crippen molar-refractivity contribution in [1.29, 1.82) is 0 Å². The first-order valence-electron chi connectivity index (χ1n) is 7.66. The zero-order chi connectivity index (χ0) is 14.5. The van der Waals surface area contributed by atoms with Crippen LogP contribution in [-0.4, -0.2) is 29.9 Å². The molecule has 1 N–H and O–H groups in total. The number of benzene rings is 1. The van der Waals surface area contributed by atoms with Crippen LogP contribution in [0.15, 0.2) is 24.3 Å². The van der Waals surface area contributed by atoms with Crippen LogP contribution in [0.3, 0.4) is 0 Å². The number of likely N-dealkylation sites (tertiary alicyclic amines) is 1. The normalized spacial score (nSPS) is 17.4. The second-order valence-corrected chi connectivity index (χ2v) is 6.28. The summed E-state index contributed by atoms with van der Waals surface area (Å²) in [5, 5.41) is 2.92. The van der Waals surface area contributed by atoms with E-state index in [0.29, 0.717) is 0 Å². The molecule has 3 nitrogen and oxygen atoms in total. The van der Waals surface area contributed by atoms with Crippen molar-refractivity contribution in [2.75, 3.05) is 13.1 Å². The van der Waals surface area contributed by atoms with Crippen molar-refractivity contribution in [2.24, 2.45) is 5.92 Å². The van der Waals surface area contributed by atoms with E-state index in [-0.39, 0.29) is 11.9 Å². The van der Waals surface area contributed by atoms with Crippen molar-refractivity contribution >= 4 is 5.91 Å². The molecule has 3 heteroatoms. The van der Waals surface area contributed by atoms with Crippen molar-refractivity contribution in [3.63, 3.8) is 0 Å². The zero-order valence-corrected chi connectivity index (χ0v) is 12.9. The first kappa shape index (κ1) is 15.0. The van der Waals surface area contributed by atoms with Crippen LogP contribution in [0.2, 0.25) is 0 Å². The van der Waals surface area contributed by atoms with E-state index in [1.807, 2.05) is 26.0 Å². The molecular weight excluding hydrogens is 248 g/mol. The Labute approximate surface area is 122 Å². The van der Waals surface area contributed by atoms with Gasteiger partial charge < -0.3 is 5.32 Å². The second-order valence-electron chi connectivity index (χ2n) is 6.28. The number of nitrogens with zero attached hydrogens (tertiary/aromatic N) is 1. The Morgan fingerprint density at radius 3 is 2.40 bits per heavy atom. The summed E-state index contributed by atoms with van der Waals surface area (Å²) in [6, 6.07) is 8.19. The van der Waals surface area contributed by atoms with Crippen LogP contribution in [0.4, 0.5) is 0 Å². The third kappa shape index (κ3) is 4.34. The molecule has 110 valence electrons. The lowest BCUT2D eigenvalue weighted by Crippen LogP contribution is -2.32. The first-order valence-corrected chi connectivity index (χ1v) is 7.66. The monoisotopic (exact) mass is 274 g/mol. The Bertz CT molecular complexity index is 431. The maximum Gasteiger partial charge on any atom is 0.251 e. The summed E-state index contributed by atoms with van der Waals surface area (Å²) >= 11 is 0. The summed E-state index contributed by atoms with van der Waals surface area (Å²) in [6.07, 6.45) is 2.60. The van der Waals surface area contributed by atoms with Crippen molar-refractivity contribution in [3.05, 3.63) is 35.4 Å². The van der Waals surface area contributed by atoms with Gasteiger partial charge in [-0.2, -0.15) is 0 Å². The van der Waals surface area contributed by atoms with Crippen molar-refractivity contribution < 1.29 is 4.79 Å². The number of carbonyl (C=O) groups excluding carboxylic acids is 1. The molecule has 1 fully saturated rings. The molecule has 2 rings (SSSR count). The molecule has 1 amide bonds. The van der Waals surface area contributed by atoms with E-state index in [9.17, 15) is 4.79 Å². The highest BCUT2D eigenvalue weighted by Crippen LogP contribution is 2.18. The van der Waals surface area contributed by atoms with Crippen molar-refractivity contribution in [1.82, 2.24) is 10.2 Å². The lowest BCUT2D eigenvalue weighted by atomic mass is 9.99. The molecule has 1 aromatic rings. The molecule has 0 atom stereocenters. The molecule has 20 heavy (non-hydrogen) atoms. The van der Waals surface area contributed by atoms with Crippen LogP contribution in [-0.2, 0) is 6.54 Å². The standard InChI is InChI=1S/C17H26N2O/c1-13(2)18-17(20)16-6-4-15(5-7-16)12-19-10-8-14(3)9-11-19/h4-7,13-14H,8-12H2,1-3H3,(H,18,20). The number of hydrogen-bond acceptors (Lipinski definition) is 2. The number of amides is 1. The van der Waals surface area contributed by atoms with Crippen LogP contribution in [0, 0.1) is 5.92 Å². The number of nitrogens with one attached hydrogen (secondary N) is 1. The molecule has 0 aromatic heterocycles. The minimum atomic E-state index is 0.0124. The van der Waals surface area contributed by atoms with E-state index in [0.717, 1.165) is 18.0 Å². The highest BCUT2D eigenvalue weighted by atomic mass is 16.1. The third-order valence-corrected chi connectivity index (χ3v) is 3.92. The fourth-order valence-corrected chi connectivity index (χ4v) is 2.59. The summed E-state index contributed by atoms with van der Waals surface area (Å²) in [4.78, 5) is 14.4. The molecule has 1 aliphatic heterocycles.